The minimum atomic E-state index is -0.839. The molecule has 0 radical (unpaired) electrons. The number of ether oxygens (including phenoxy) is 1. The molecule has 0 spiro atoms. The molecular weight excluding hydrogens is 486 g/mol. The standard InChI is InChI=1S/C33H31N3O3/c37-32(36-30-16-15-29-21-34-18-17-28(29)19-30)31(22-35-20-24-7-3-1-4-8-24)26-13-11-25(12-14-26)23-39-33(38)27-9-5-2-6-10-27/h1-19,21,31-32,35-37H,20,22-23H2. The SMILES string of the molecule is O=C(OCc1ccc(C(CNCc2ccccc2)C(O)Nc2ccc3cnccc3c2)cc1)c1ccccc1. The number of nitrogens with zero attached hydrogens (tertiary/aromatic N) is 1. The van der Waals surface area contributed by atoms with Gasteiger partial charge in [-0.3, -0.25) is 4.98 Å². The van der Waals surface area contributed by atoms with E-state index in [-0.39, 0.29) is 18.5 Å². The Labute approximate surface area is 228 Å². The van der Waals surface area contributed by atoms with Gasteiger partial charge in [-0.05, 0) is 52.4 Å². The molecule has 0 aliphatic heterocycles. The first-order chi connectivity index (χ1) is 19.2. The molecule has 5 aromatic rings. The minimum Gasteiger partial charge on any atom is -0.457 e. The Morgan fingerprint density at radius 3 is 2.33 bits per heavy atom. The first-order valence-electron chi connectivity index (χ1n) is 13.0. The third kappa shape index (κ3) is 7.08. The topological polar surface area (TPSA) is 83.5 Å². The van der Waals surface area contributed by atoms with Crippen molar-refractivity contribution in [1.29, 1.82) is 0 Å². The molecule has 5 rings (SSSR count). The summed E-state index contributed by atoms with van der Waals surface area (Å²) < 4.78 is 5.47. The molecule has 2 atom stereocenters. The van der Waals surface area contributed by atoms with Crippen molar-refractivity contribution >= 4 is 22.4 Å². The number of carbonyl (C=O) groups is 1. The molecule has 1 aromatic heterocycles. The maximum atomic E-state index is 12.3. The third-order valence-electron chi connectivity index (χ3n) is 6.66. The maximum Gasteiger partial charge on any atom is 0.338 e. The molecule has 196 valence electrons. The largest absolute Gasteiger partial charge is 0.457 e. The van der Waals surface area contributed by atoms with E-state index in [0.717, 1.165) is 27.6 Å². The quantitative estimate of drug-likeness (QED) is 0.150. The number of rotatable bonds is 11. The van der Waals surface area contributed by atoms with Gasteiger partial charge in [-0.2, -0.15) is 0 Å². The van der Waals surface area contributed by atoms with Crippen LogP contribution in [0.25, 0.3) is 10.8 Å². The highest BCUT2D eigenvalue weighted by molar-refractivity contribution is 5.89. The molecule has 0 aliphatic rings. The van der Waals surface area contributed by atoms with Gasteiger partial charge in [0.05, 0.1) is 5.56 Å². The van der Waals surface area contributed by atoms with E-state index in [1.165, 1.54) is 5.56 Å². The van der Waals surface area contributed by atoms with Crippen molar-refractivity contribution in [3.05, 3.63) is 144 Å². The fourth-order valence-electron chi connectivity index (χ4n) is 4.49. The number of hydrogen-bond acceptors (Lipinski definition) is 6. The Bertz CT molecular complexity index is 1490. The molecule has 0 aliphatic carbocycles. The molecule has 39 heavy (non-hydrogen) atoms. The number of aromatic nitrogens is 1. The number of benzene rings is 4. The van der Waals surface area contributed by atoms with Crippen LogP contribution in [0.1, 0.15) is 33.0 Å². The third-order valence-corrected chi connectivity index (χ3v) is 6.66. The summed E-state index contributed by atoms with van der Waals surface area (Å²) in [6.45, 7) is 1.43. The van der Waals surface area contributed by atoms with Crippen LogP contribution in [0.4, 0.5) is 5.69 Å². The van der Waals surface area contributed by atoms with E-state index in [9.17, 15) is 9.90 Å². The van der Waals surface area contributed by atoms with E-state index < -0.39 is 6.23 Å². The maximum absolute atomic E-state index is 12.3. The van der Waals surface area contributed by atoms with E-state index in [1.54, 1.807) is 18.3 Å². The first-order valence-corrected chi connectivity index (χ1v) is 13.0. The summed E-state index contributed by atoms with van der Waals surface area (Å²) in [4.78, 5) is 16.5. The van der Waals surface area contributed by atoms with Crippen molar-refractivity contribution in [1.82, 2.24) is 10.3 Å². The van der Waals surface area contributed by atoms with Crippen molar-refractivity contribution in [3.63, 3.8) is 0 Å². The number of aliphatic hydroxyl groups excluding tert-OH is 1. The van der Waals surface area contributed by atoms with Crippen LogP contribution in [0.2, 0.25) is 0 Å². The summed E-state index contributed by atoms with van der Waals surface area (Å²) in [5.74, 6) is -0.587. The molecule has 0 saturated heterocycles. The lowest BCUT2D eigenvalue weighted by Crippen LogP contribution is -2.34. The van der Waals surface area contributed by atoms with Crippen LogP contribution in [0.3, 0.4) is 0 Å². The summed E-state index contributed by atoms with van der Waals surface area (Å²) in [7, 11) is 0. The van der Waals surface area contributed by atoms with Gasteiger partial charge in [0.2, 0.25) is 0 Å². The molecule has 6 nitrogen and oxygen atoms in total. The van der Waals surface area contributed by atoms with Gasteiger partial charge in [0.15, 0.2) is 0 Å². The van der Waals surface area contributed by atoms with Crippen LogP contribution in [0.15, 0.2) is 122 Å². The Kier molecular flexibility index (Phi) is 8.58. The van der Waals surface area contributed by atoms with Gasteiger partial charge < -0.3 is 20.5 Å². The molecule has 0 amide bonds. The van der Waals surface area contributed by atoms with Crippen LogP contribution in [-0.2, 0) is 17.9 Å². The molecule has 4 aromatic carbocycles. The number of carbonyl (C=O) groups excluding carboxylic acids is 1. The second kappa shape index (κ2) is 12.8. The molecule has 0 saturated carbocycles. The summed E-state index contributed by atoms with van der Waals surface area (Å²) in [6.07, 6.45) is 2.75. The van der Waals surface area contributed by atoms with Crippen LogP contribution in [-0.4, -0.2) is 28.8 Å². The fraction of sp³-hybridized carbons (Fsp3) is 0.152. The summed E-state index contributed by atoms with van der Waals surface area (Å²) in [6, 6.07) is 34.9. The zero-order valence-corrected chi connectivity index (χ0v) is 21.5. The Morgan fingerprint density at radius 2 is 1.56 bits per heavy atom. The van der Waals surface area contributed by atoms with E-state index in [2.05, 4.69) is 27.8 Å². The van der Waals surface area contributed by atoms with Crippen molar-refractivity contribution in [2.75, 3.05) is 11.9 Å². The van der Waals surface area contributed by atoms with Crippen molar-refractivity contribution in [2.24, 2.45) is 0 Å². The van der Waals surface area contributed by atoms with E-state index in [0.29, 0.717) is 18.7 Å². The van der Waals surface area contributed by atoms with Crippen molar-refractivity contribution < 1.29 is 14.6 Å². The molecule has 0 bridgehead atoms. The second-order valence-electron chi connectivity index (χ2n) is 9.43. The van der Waals surface area contributed by atoms with Gasteiger partial charge in [0.1, 0.15) is 12.8 Å². The Morgan fingerprint density at radius 1 is 0.821 bits per heavy atom. The average molecular weight is 518 g/mol. The zero-order chi connectivity index (χ0) is 26.9. The smallest absolute Gasteiger partial charge is 0.338 e. The predicted molar refractivity (Wildman–Crippen MR) is 154 cm³/mol. The highest BCUT2D eigenvalue weighted by Gasteiger charge is 2.21. The van der Waals surface area contributed by atoms with Crippen LogP contribution < -0.4 is 10.6 Å². The van der Waals surface area contributed by atoms with Gasteiger partial charge in [-0.25, -0.2) is 4.79 Å². The monoisotopic (exact) mass is 517 g/mol. The molecule has 1 heterocycles. The number of hydrogen-bond donors (Lipinski definition) is 3. The Hall–Kier alpha value is -4.52. The number of esters is 1. The molecule has 0 fully saturated rings. The van der Waals surface area contributed by atoms with Crippen molar-refractivity contribution in [3.8, 4) is 0 Å². The Balaban J connectivity index is 1.28. The molecular formula is C33H31N3O3. The van der Waals surface area contributed by atoms with Crippen LogP contribution in [0.5, 0.6) is 0 Å². The molecule has 3 N–H and O–H groups in total. The van der Waals surface area contributed by atoms with Gasteiger partial charge in [0.25, 0.3) is 0 Å². The van der Waals surface area contributed by atoms with Crippen molar-refractivity contribution in [2.45, 2.75) is 25.3 Å². The predicted octanol–water partition coefficient (Wildman–Crippen LogP) is 5.90. The summed E-state index contributed by atoms with van der Waals surface area (Å²) >= 11 is 0. The lowest BCUT2D eigenvalue weighted by Gasteiger charge is -2.26. The van der Waals surface area contributed by atoms with Gasteiger partial charge in [-0.15, -0.1) is 0 Å². The number of pyridine rings is 1. The normalized spacial score (nSPS) is 12.5. The second-order valence-corrected chi connectivity index (χ2v) is 9.43. The number of fused-ring (bicyclic) bond motifs is 1. The fourth-order valence-corrected chi connectivity index (χ4v) is 4.49. The lowest BCUT2D eigenvalue weighted by molar-refractivity contribution is 0.0472. The number of anilines is 1. The first kappa shape index (κ1) is 26.1. The summed E-state index contributed by atoms with van der Waals surface area (Å²) in [5.41, 5.74) is 4.39. The molecule has 2 unspecified atom stereocenters. The van der Waals surface area contributed by atoms with Gasteiger partial charge in [-0.1, -0.05) is 78.9 Å². The highest BCUT2D eigenvalue weighted by Crippen LogP contribution is 2.24. The lowest BCUT2D eigenvalue weighted by atomic mass is 9.95. The van der Waals surface area contributed by atoms with E-state index in [4.69, 9.17) is 4.74 Å². The van der Waals surface area contributed by atoms with Crippen LogP contribution >= 0.6 is 0 Å². The van der Waals surface area contributed by atoms with E-state index in [1.807, 2.05) is 91.1 Å². The van der Waals surface area contributed by atoms with Gasteiger partial charge in [0, 0.05) is 42.5 Å². The highest BCUT2D eigenvalue weighted by atomic mass is 16.5. The number of nitrogens with one attached hydrogen (secondary N) is 2. The minimum absolute atomic E-state index is 0.178. The van der Waals surface area contributed by atoms with E-state index >= 15 is 0 Å². The zero-order valence-electron chi connectivity index (χ0n) is 21.5. The average Bonchev–Trinajstić information content (AvgIpc) is 2.99. The number of aliphatic hydroxyl groups is 1. The summed E-state index contributed by atoms with van der Waals surface area (Å²) in [5, 5.41) is 20.2. The van der Waals surface area contributed by atoms with Gasteiger partial charge >= 0.3 is 5.97 Å². The van der Waals surface area contributed by atoms with Crippen LogP contribution in [0, 0.1) is 0 Å². The molecule has 6 heteroatoms.